The summed E-state index contributed by atoms with van der Waals surface area (Å²) in [7, 11) is 0. The minimum atomic E-state index is -3.94. The van der Waals surface area contributed by atoms with Gasteiger partial charge in [-0.2, -0.15) is 0 Å². The fourth-order valence-corrected chi connectivity index (χ4v) is 4.89. The van der Waals surface area contributed by atoms with Crippen LogP contribution in [0.25, 0.3) is 0 Å². The summed E-state index contributed by atoms with van der Waals surface area (Å²) >= 11 is 11.8. The van der Waals surface area contributed by atoms with Crippen LogP contribution in [0.5, 0.6) is 23.0 Å². The highest BCUT2D eigenvalue weighted by Crippen LogP contribution is 2.55. The Morgan fingerprint density at radius 2 is 0.967 bits per heavy atom. The van der Waals surface area contributed by atoms with Crippen molar-refractivity contribution in [1.82, 2.24) is 0 Å². The topological polar surface area (TPSA) is 71.1 Å². The lowest BCUT2D eigenvalue weighted by molar-refractivity contribution is 0.400. The van der Waals surface area contributed by atoms with Crippen molar-refractivity contribution in [1.29, 1.82) is 0 Å². The maximum Gasteiger partial charge on any atom is 0.530 e. The van der Waals surface area contributed by atoms with E-state index in [2.05, 4.69) is 0 Å². The first-order valence-corrected chi connectivity index (χ1v) is 13.6. The summed E-state index contributed by atoms with van der Waals surface area (Å²) in [5, 5.41) is 0. The summed E-state index contributed by atoms with van der Waals surface area (Å²) in [4.78, 5) is 0. The number of hydrogen-bond acceptors (Lipinski definition) is 6. The molecular weight excluding hydrogens is 469 g/mol. The third kappa shape index (κ3) is 7.00. The van der Waals surface area contributed by atoms with Gasteiger partial charge in [-0.15, -0.1) is 0 Å². The number of rotatable bonds is 8. The molecule has 0 spiro atoms. The zero-order valence-electron chi connectivity index (χ0n) is 16.0. The molecule has 2 unspecified atom stereocenters. The number of hydrogen-bond donors (Lipinski definition) is 0. The highest BCUT2D eigenvalue weighted by molar-refractivity contribution is 7.82. The fourth-order valence-electron chi connectivity index (χ4n) is 2.37. The summed E-state index contributed by atoms with van der Waals surface area (Å²) < 4.78 is 45.8. The lowest BCUT2D eigenvalue weighted by Gasteiger charge is -2.15. The van der Waals surface area contributed by atoms with Gasteiger partial charge >= 0.3 is 13.9 Å². The van der Waals surface area contributed by atoms with Gasteiger partial charge in [0.25, 0.3) is 0 Å². The number of aryl methyl sites for hydroxylation is 2. The largest absolute Gasteiger partial charge is 0.530 e. The van der Waals surface area contributed by atoms with E-state index in [9.17, 15) is 9.13 Å². The predicted molar refractivity (Wildman–Crippen MR) is 118 cm³/mol. The molecule has 0 radical (unpaired) electrons. The van der Waals surface area contributed by atoms with Crippen LogP contribution in [0.3, 0.4) is 0 Å². The van der Waals surface area contributed by atoms with Crippen molar-refractivity contribution in [3.05, 3.63) is 83.9 Å². The second-order valence-corrected chi connectivity index (χ2v) is 11.3. The van der Waals surface area contributed by atoms with Crippen LogP contribution in [0.2, 0.25) is 0 Å². The molecule has 0 heterocycles. The van der Waals surface area contributed by atoms with Gasteiger partial charge in [0.2, 0.25) is 0 Å². The first-order valence-electron chi connectivity index (χ1n) is 8.71. The summed E-state index contributed by atoms with van der Waals surface area (Å²) in [6, 6.07) is 19.5. The number of halogens is 2. The zero-order chi connectivity index (χ0) is 21.8. The van der Waals surface area contributed by atoms with E-state index in [1.54, 1.807) is 42.5 Å². The van der Waals surface area contributed by atoms with E-state index in [-0.39, 0.29) is 11.5 Å². The Kier molecular flexibility index (Phi) is 7.05. The van der Waals surface area contributed by atoms with Gasteiger partial charge in [0.15, 0.2) is 0 Å². The van der Waals surface area contributed by atoms with Crippen LogP contribution < -0.4 is 18.1 Å². The van der Waals surface area contributed by atoms with E-state index in [1.165, 1.54) is 24.3 Å². The fraction of sp³-hybridized carbons (Fsp3) is 0.100. The van der Waals surface area contributed by atoms with E-state index in [0.29, 0.717) is 11.5 Å². The molecule has 0 aromatic heterocycles. The second-order valence-electron chi connectivity index (χ2n) is 6.33. The highest BCUT2D eigenvalue weighted by Gasteiger charge is 2.27. The van der Waals surface area contributed by atoms with Crippen molar-refractivity contribution >= 4 is 36.4 Å². The molecule has 6 nitrogen and oxygen atoms in total. The van der Waals surface area contributed by atoms with Crippen LogP contribution in [-0.4, -0.2) is 0 Å². The molecule has 0 amide bonds. The lowest BCUT2D eigenvalue weighted by Crippen LogP contribution is -1.97. The van der Waals surface area contributed by atoms with Crippen LogP contribution in [0.4, 0.5) is 0 Å². The van der Waals surface area contributed by atoms with Gasteiger partial charge in [0.05, 0.1) is 0 Å². The third-order valence-electron chi connectivity index (χ3n) is 3.69. The molecule has 2 atom stereocenters. The van der Waals surface area contributed by atoms with E-state index in [1.807, 2.05) is 19.9 Å². The summed E-state index contributed by atoms with van der Waals surface area (Å²) in [5.41, 5.74) is 1.94. The molecule has 0 saturated carbocycles. The summed E-state index contributed by atoms with van der Waals surface area (Å²) in [6.45, 7) is -4.09. The zero-order valence-corrected chi connectivity index (χ0v) is 19.3. The Hall–Kier alpha value is -2.10. The van der Waals surface area contributed by atoms with Gasteiger partial charge in [-0.25, -0.2) is 9.13 Å². The minimum Gasteiger partial charge on any atom is -0.405 e. The molecule has 0 saturated heterocycles. The Labute approximate surface area is 184 Å². The van der Waals surface area contributed by atoms with Crippen molar-refractivity contribution in [3.63, 3.8) is 0 Å². The molecule has 10 heteroatoms. The van der Waals surface area contributed by atoms with Gasteiger partial charge in [0.1, 0.15) is 23.0 Å². The van der Waals surface area contributed by atoms with Gasteiger partial charge < -0.3 is 18.1 Å². The SMILES string of the molecule is Cc1ccc(OP(=O)(Cl)Oc2ccc(OP(=O)(Cl)Oc3cccc(C)c3)cc2)cc1. The van der Waals surface area contributed by atoms with Crippen LogP contribution in [-0.2, 0) is 9.13 Å². The molecule has 3 rings (SSSR count). The average Bonchev–Trinajstić information content (AvgIpc) is 2.64. The summed E-state index contributed by atoms with van der Waals surface area (Å²) in [6.07, 6.45) is 0. The normalized spacial score (nSPS) is 14.8. The first-order chi connectivity index (χ1) is 14.1. The Morgan fingerprint density at radius 1 is 0.567 bits per heavy atom. The standard InChI is InChI=1S/C20H18Cl2O6P2/c1-15-6-8-17(9-7-15)25-29(21,23)26-18-10-12-19(13-11-18)27-30(22,24)28-20-5-3-4-16(2)14-20/h3-14H,1-2H3. The van der Waals surface area contributed by atoms with Crippen LogP contribution in [0.15, 0.2) is 72.8 Å². The van der Waals surface area contributed by atoms with Gasteiger partial charge in [0, 0.05) is 22.5 Å². The van der Waals surface area contributed by atoms with Crippen molar-refractivity contribution in [3.8, 4) is 23.0 Å². The Morgan fingerprint density at radius 3 is 1.40 bits per heavy atom. The van der Waals surface area contributed by atoms with E-state index < -0.39 is 13.9 Å². The van der Waals surface area contributed by atoms with Crippen molar-refractivity contribution in [2.24, 2.45) is 0 Å². The van der Waals surface area contributed by atoms with Crippen LogP contribution in [0, 0.1) is 13.8 Å². The maximum absolute atomic E-state index is 12.4. The molecular formula is C20H18Cl2O6P2. The van der Waals surface area contributed by atoms with Gasteiger partial charge in [-0.05, 0) is 67.9 Å². The molecule has 3 aromatic rings. The molecule has 0 bridgehead atoms. The van der Waals surface area contributed by atoms with E-state index >= 15 is 0 Å². The van der Waals surface area contributed by atoms with E-state index in [4.69, 9.17) is 40.6 Å². The highest BCUT2D eigenvalue weighted by atomic mass is 35.7. The molecule has 0 aliphatic rings. The third-order valence-corrected chi connectivity index (χ3v) is 6.24. The minimum absolute atomic E-state index is 0.164. The van der Waals surface area contributed by atoms with Crippen molar-refractivity contribution in [2.45, 2.75) is 13.8 Å². The summed E-state index contributed by atoms with van der Waals surface area (Å²) in [5.74, 6) is 0.967. The quantitative estimate of drug-likeness (QED) is 0.301. The van der Waals surface area contributed by atoms with Crippen LogP contribution >= 0.6 is 36.4 Å². The maximum atomic E-state index is 12.4. The van der Waals surface area contributed by atoms with Crippen molar-refractivity contribution in [2.75, 3.05) is 0 Å². The first kappa shape index (κ1) is 22.6. The van der Waals surface area contributed by atoms with E-state index in [0.717, 1.165) is 11.1 Å². The average molecular weight is 487 g/mol. The Balaban J connectivity index is 1.61. The second kappa shape index (κ2) is 9.36. The molecule has 158 valence electrons. The monoisotopic (exact) mass is 486 g/mol. The number of benzene rings is 3. The van der Waals surface area contributed by atoms with Crippen molar-refractivity contribution < 1.29 is 27.2 Å². The molecule has 0 N–H and O–H groups in total. The van der Waals surface area contributed by atoms with Gasteiger partial charge in [-0.1, -0.05) is 29.8 Å². The Bertz CT molecular complexity index is 1100. The molecule has 0 aliphatic carbocycles. The predicted octanol–water partition coefficient (Wildman–Crippen LogP) is 7.91. The lowest BCUT2D eigenvalue weighted by atomic mass is 10.2. The smallest absolute Gasteiger partial charge is 0.405 e. The molecule has 0 aliphatic heterocycles. The molecule has 0 fully saturated rings. The van der Waals surface area contributed by atoms with Crippen LogP contribution in [0.1, 0.15) is 11.1 Å². The molecule has 3 aromatic carbocycles. The van der Waals surface area contributed by atoms with Gasteiger partial charge in [-0.3, -0.25) is 0 Å². The molecule has 30 heavy (non-hydrogen) atoms.